The molecule has 2 unspecified atom stereocenters. The highest BCUT2D eigenvalue weighted by Crippen LogP contribution is 2.40. The molecule has 1 N–H and O–H groups in total. The minimum Gasteiger partial charge on any atom is -0.504 e. The molecule has 0 bridgehead atoms. The van der Waals surface area contributed by atoms with Gasteiger partial charge in [0.25, 0.3) is 0 Å². The first kappa shape index (κ1) is 45.9. The van der Waals surface area contributed by atoms with Crippen LogP contribution in [-0.4, -0.2) is 87.6 Å². The zero-order valence-corrected chi connectivity index (χ0v) is 36.6. The second kappa shape index (κ2) is 20.7. The maximum absolute atomic E-state index is 14.1. The molecule has 1 fully saturated rings. The molecular weight excluding hydrogens is 881 g/mol. The van der Waals surface area contributed by atoms with Crippen LogP contribution < -0.4 is 24.4 Å². The Morgan fingerprint density at radius 1 is 0.559 bits per heavy atom. The molecule has 2 heterocycles. The van der Waals surface area contributed by atoms with Crippen molar-refractivity contribution in [3.05, 3.63) is 184 Å². The van der Waals surface area contributed by atoms with Crippen LogP contribution in [0.4, 0.5) is 0 Å². The Kier molecular flexibility index (Phi) is 14.0. The van der Waals surface area contributed by atoms with E-state index in [1.54, 1.807) is 72.8 Å². The van der Waals surface area contributed by atoms with E-state index in [0.29, 0.717) is 5.56 Å². The molecule has 1 aromatic heterocycles. The van der Waals surface area contributed by atoms with Gasteiger partial charge < -0.3 is 52.2 Å². The predicted octanol–water partition coefficient (Wildman–Crippen LogP) is 7.83. The van der Waals surface area contributed by atoms with Crippen LogP contribution in [0.5, 0.6) is 28.7 Å². The van der Waals surface area contributed by atoms with Gasteiger partial charge in [-0.1, -0.05) is 72.8 Å². The zero-order chi connectivity index (χ0) is 47.7. The normalized spacial score (nSPS) is 17.5. The molecule has 1 saturated heterocycles. The number of methoxy groups -OCH3 is 3. The van der Waals surface area contributed by atoms with Crippen LogP contribution >= 0.6 is 0 Å². The zero-order valence-electron chi connectivity index (χ0n) is 36.6. The fourth-order valence-electron chi connectivity index (χ4n) is 7.42. The summed E-state index contributed by atoms with van der Waals surface area (Å²) >= 11 is 0. The lowest BCUT2D eigenvalue weighted by Crippen LogP contribution is -2.63. The minimum atomic E-state index is -1.75. The number of rotatable bonds is 15. The molecule has 0 amide bonds. The molecule has 16 nitrogen and oxygen atoms in total. The van der Waals surface area contributed by atoms with E-state index in [1.165, 1.54) is 100 Å². The van der Waals surface area contributed by atoms with E-state index in [1.807, 2.05) is 0 Å². The molecule has 6 aromatic carbocycles. The monoisotopic (exact) mass is 922 g/mol. The fraction of sp³-hybridized carbons (Fsp3) is 0.173. The molecule has 7 aromatic rings. The van der Waals surface area contributed by atoms with Crippen LogP contribution in [0, 0.1) is 0 Å². The van der Waals surface area contributed by atoms with Gasteiger partial charge in [0.1, 0.15) is 35.2 Å². The number of ether oxygens (including phenoxy) is 9. The second-order valence-corrected chi connectivity index (χ2v) is 15.0. The molecule has 0 aliphatic carbocycles. The lowest BCUT2D eigenvalue weighted by atomic mass is 9.97. The number of benzene rings is 6. The van der Waals surface area contributed by atoms with Gasteiger partial charge in [-0.3, -0.25) is 4.79 Å². The van der Waals surface area contributed by atoms with Crippen molar-refractivity contribution in [1.82, 2.24) is 0 Å². The topological polar surface area (TPSA) is 202 Å². The average Bonchev–Trinajstić information content (AvgIpc) is 3.38. The van der Waals surface area contributed by atoms with Gasteiger partial charge in [-0.2, -0.15) is 0 Å². The maximum atomic E-state index is 14.1. The molecular formula is C52H42O16. The minimum absolute atomic E-state index is 0.0388. The van der Waals surface area contributed by atoms with Crippen LogP contribution in [0.1, 0.15) is 41.4 Å². The number of aromatic hydroxyl groups is 1. The molecule has 1 aliphatic heterocycles. The number of esters is 4. The Balaban J connectivity index is 1.27. The third-order valence-corrected chi connectivity index (χ3v) is 10.7. The van der Waals surface area contributed by atoms with E-state index in [2.05, 4.69) is 0 Å². The highest BCUT2D eigenvalue weighted by molar-refractivity contribution is 5.92. The van der Waals surface area contributed by atoms with Gasteiger partial charge in [-0.05, 0) is 66.7 Å². The third-order valence-electron chi connectivity index (χ3n) is 10.7. The van der Waals surface area contributed by atoms with Crippen LogP contribution in [-0.2, 0) is 23.7 Å². The van der Waals surface area contributed by atoms with Gasteiger partial charge in [0.2, 0.25) is 23.6 Å². The Bertz CT molecular complexity index is 2980. The van der Waals surface area contributed by atoms with Crippen LogP contribution in [0.15, 0.2) is 161 Å². The largest absolute Gasteiger partial charge is 0.504 e. The molecule has 346 valence electrons. The molecule has 1 aliphatic rings. The first-order valence-corrected chi connectivity index (χ1v) is 21.0. The van der Waals surface area contributed by atoms with E-state index in [0.717, 1.165) is 0 Å². The van der Waals surface area contributed by atoms with Crippen LogP contribution in [0.3, 0.4) is 0 Å². The number of phenolic OH excluding ortho intramolecular Hbond substituents is 1. The van der Waals surface area contributed by atoms with Gasteiger partial charge in [-0.25, -0.2) is 19.2 Å². The van der Waals surface area contributed by atoms with Crippen molar-refractivity contribution in [2.45, 2.75) is 30.7 Å². The van der Waals surface area contributed by atoms with E-state index in [4.69, 9.17) is 47.0 Å². The van der Waals surface area contributed by atoms with Gasteiger partial charge in [0.05, 0.1) is 43.6 Å². The van der Waals surface area contributed by atoms with Crippen molar-refractivity contribution in [3.8, 4) is 40.1 Å². The van der Waals surface area contributed by atoms with E-state index < -0.39 is 66.6 Å². The highest BCUT2D eigenvalue weighted by atomic mass is 16.7. The number of fused-ring (bicyclic) bond motifs is 1. The van der Waals surface area contributed by atoms with Crippen molar-refractivity contribution in [3.63, 3.8) is 0 Å². The molecule has 68 heavy (non-hydrogen) atoms. The van der Waals surface area contributed by atoms with Crippen molar-refractivity contribution < 1.29 is 71.3 Å². The summed E-state index contributed by atoms with van der Waals surface area (Å²) in [5.41, 5.74) is 0.103. The summed E-state index contributed by atoms with van der Waals surface area (Å²) in [5.74, 6) is -3.87. The summed E-state index contributed by atoms with van der Waals surface area (Å²) in [6.45, 7) is -0.603. The second-order valence-electron chi connectivity index (χ2n) is 15.0. The SMILES string of the molecule is COc1cc(-c2oc3cc(O[C@@H]4OC(COC(=O)c5ccccc5)[C@H](OC(=O)c5ccccc5)C(OC(=O)c5ccccc5)[C@@H]4OC(=O)c4ccccc4)cc(OC)c3c(=O)c2OC)ccc1O. The number of phenols is 1. The molecule has 16 heteroatoms. The van der Waals surface area contributed by atoms with Gasteiger partial charge in [-0.15, -0.1) is 0 Å². The van der Waals surface area contributed by atoms with Gasteiger partial charge in [0.15, 0.2) is 29.5 Å². The molecule has 0 spiro atoms. The van der Waals surface area contributed by atoms with Crippen LogP contribution in [0.25, 0.3) is 22.3 Å². The number of hydrogen-bond donors (Lipinski definition) is 1. The smallest absolute Gasteiger partial charge is 0.338 e. The molecule has 8 rings (SSSR count). The Hall–Kier alpha value is -8.63. The number of carbonyl (C=O) groups excluding carboxylic acids is 4. The van der Waals surface area contributed by atoms with E-state index >= 15 is 0 Å². The number of carbonyl (C=O) groups is 4. The Morgan fingerprint density at radius 3 is 1.57 bits per heavy atom. The summed E-state index contributed by atoms with van der Waals surface area (Å²) in [5, 5.41) is 10.3. The lowest BCUT2D eigenvalue weighted by Gasteiger charge is -2.44. The quantitative estimate of drug-likeness (QED) is 0.0769. The summed E-state index contributed by atoms with van der Waals surface area (Å²) in [7, 11) is 3.96. The first-order valence-electron chi connectivity index (χ1n) is 21.0. The summed E-state index contributed by atoms with van der Waals surface area (Å²) in [4.78, 5) is 69.7. The van der Waals surface area contributed by atoms with Gasteiger partial charge in [0, 0.05) is 17.7 Å². The van der Waals surface area contributed by atoms with E-state index in [-0.39, 0.29) is 67.7 Å². The average molecular weight is 923 g/mol. The lowest BCUT2D eigenvalue weighted by molar-refractivity contribution is -0.275. The summed E-state index contributed by atoms with van der Waals surface area (Å²) in [6, 6.07) is 38.9. The van der Waals surface area contributed by atoms with Crippen molar-refractivity contribution in [2.24, 2.45) is 0 Å². The molecule has 0 saturated carbocycles. The van der Waals surface area contributed by atoms with Gasteiger partial charge >= 0.3 is 23.9 Å². The van der Waals surface area contributed by atoms with Crippen molar-refractivity contribution in [2.75, 3.05) is 27.9 Å². The Morgan fingerprint density at radius 2 is 1.06 bits per heavy atom. The highest BCUT2D eigenvalue weighted by Gasteiger charge is 2.54. The maximum Gasteiger partial charge on any atom is 0.338 e. The fourth-order valence-corrected chi connectivity index (χ4v) is 7.42. The van der Waals surface area contributed by atoms with E-state index in [9.17, 15) is 29.1 Å². The summed E-state index contributed by atoms with van der Waals surface area (Å²) in [6.07, 6.45) is -8.32. The Labute approximate surface area is 388 Å². The first-order chi connectivity index (χ1) is 33.1. The standard InChI is InChI=1S/C52H42O16/c1-59-37-26-34(24-25-36(37)53)43-45(61-3)42(54)41-38(60-2)27-35(28-39(41)64-43)63-52-47(68-51(58)33-22-14-7-15-23-33)46(67-50(57)32-20-12-6-13-21-32)44(66-49(56)31-18-10-5-11-19-31)40(65-52)29-62-48(55)30-16-8-4-9-17-30/h4-28,40,44,46-47,52-53H,29H2,1-3H3/t40?,44-,46?,47-,52+/m0/s1. The number of hydrogen-bond acceptors (Lipinski definition) is 16. The molecule has 0 radical (unpaired) electrons. The summed E-state index contributed by atoms with van der Waals surface area (Å²) < 4.78 is 60.1. The third kappa shape index (κ3) is 9.95. The van der Waals surface area contributed by atoms with Crippen molar-refractivity contribution in [1.29, 1.82) is 0 Å². The predicted molar refractivity (Wildman–Crippen MR) is 242 cm³/mol. The molecule has 5 atom stereocenters. The van der Waals surface area contributed by atoms with Crippen molar-refractivity contribution >= 4 is 34.8 Å². The van der Waals surface area contributed by atoms with Crippen LogP contribution in [0.2, 0.25) is 0 Å².